The van der Waals surface area contributed by atoms with Crippen LogP contribution in [0.2, 0.25) is 0 Å². The Hall–Kier alpha value is -2.11. The van der Waals surface area contributed by atoms with Crippen LogP contribution in [0.4, 0.5) is 9.18 Å². The Balaban J connectivity index is 1.45. The number of halogens is 1. The number of piperidine rings is 1. The van der Waals surface area contributed by atoms with Gasteiger partial charge in [-0.25, -0.2) is 9.18 Å². The normalized spacial score (nSPS) is 20.5. The Labute approximate surface area is 154 Å². The largest absolute Gasteiger partial charge is 0.343 e. The van der Waals surface area contributed by atoms with Gasteiger partial charge in [-0.15, -0.1) is 0 Å². The van der Waals surface area contributed by atoms with Crippen molar-refractivity contribution in [2.24, 2.45) is 0 Å². The van der Waals surface area contributed by atoms with E-state index in [9.17, 15) is 14.0 Å². The number of nitrogens with zero attached hydrogens (tertiary/aromatic N) is 2. The predicted molar refractivity (Wildman–Crippen MR) is 98.3 cm³/mol. The molecule has 1 N–H and O–H groups in total. The monoisotopic (exact) mass is 361 g/mol. The summed E-state index contributed by atoms with van der Waals surface area (Å²) in [6.07, 6.45) is 6.34. The molecule has 6 heteroatoms. The SMILES string of the molecule is O=C1CCCN1CC[C@H]1CCCCN1C(=O)NCCc1ccc(F)cc1. The molecule has 0 radical (unpaired) electrons. The number of carbonyl (C=O) groups excluding carboxylic acids is 2. The van der Waals surface area contributed by atoms with Gasteiger partial charge in [-0.3, -0.25) is 4.79 Å². The summed E-state index contributed by atoms with van der Waals surface area (Å²) in [5, 5.41) is 2.99. The molecule has 1 aromatic carbocycles. The first kappa shape index (κ1) is 18.7. The van der Waals surface area contributed by atoms with E-state index in [1.807, 2.05) is 9.80 Å². The topological polar surface area (TPSA) is 52.7 Å². The lowest BCUT2D eigenvalue weighted by Crippen LogP contribution is -2.50. The van der Waals surface area contributed by atoms with E-state index >= 15 is 0 Å². The maximum absolute atomic E-state index is 12.9. The third-order valence-electron chi connectivity index (χ3n) is 5.39. The van der Waals surface area contributed by atoms with E-state index in [0.717, 1.165) is 57.3 Å². The molecule has 2 aliphatic rings. The van der Waals surface area contributed by atoms with Gasteiger partial charge in [-0.2, -0.15) is 0 Å². The zero-order valence-corrected chi connectivity index (χ0v) is 15.3. The first-order valence-corrected chi connectivity index (χ1v) is 9.70. The van der Waals surface area contributed by atoms with E-state index in [4.69, 9.17) is 0 Å². The second-order valence-corrected chi connectivity index (χ2v) is 7.22. The molecule has 5 nitrogen and oxygen atoms in total. The highest BCUT2D eigenvalue weighted by Crippen LogP contribution is 2.21. The molecular formula is C20H28FN3O2. The van der Waals surface area contributed by atoms with Gasteiger partial charge in [0.05, 0.1) is 0 Å². The molecule has 1 atom stereocenters. The smallest absolute Gasteiger partial charge is 0.317 e. The first-order valence-electron chi connectivity index (χ1n) is 9.70. The van der Waals surface area contributed by atoms with Gasteiger partial charge in [0.15, 0.2) is 0 Å². The fourth-order valence-corrected chi connectivity index (χ4v) is 3.88. The molecule has 0 aromatic heterocycles. The standard InChI is InChI=1S/C20H28FN3O2/c21-17-8-6-16(7-9-17)10-12-22-20(26)24-14-2-1-4-18(24)11-15-23-13-3-5-19(23)25/h6-9,18H,1-5,10-15H2,(H,22,26)/t18-/m1/s1. The number of benzene rings is 1. The molecular weight excluding hydrogens is 333 g/mol. The summed E-state index contributed by atoms with van der Waals surface area (Å²) in [7, 11) is 0. The van der Waals surface area contributed by atoms with Gasteiger partial charge in [0.25, 0.3) is 0 Å². The number of likely N-dealkylation sites (tertiary alicyclic amines) is 2. The summed E-state index contributed by atoms with van der Waals surface area (Å²) in [6.45, 7) is 2.93. The number of nitrogens with one attached hydrogen (secondary N) is 1. The molecule has 0 aliphatic carbocycles. The third kappa shape index (κ3) is 4.96. The minimum Gasteiger partial charge on any atom is -0.343 e. The van der Waals surface area contributed by atoms with Gasteiger partial charge in [-0.1, -0.05) is 12.1 Å². The van der Waals surface area contributed by atoms with Crippen LogP contribution in [0.1, 0.15) is 44.1 Å². The predicted octanol–water partition coefficient (Wildman–Crippen LogP) is 2.94. The minimum absolute atomic E-state index is 0.0236. The van der Waals surface area contributed by atoms with Crippen molar-refractivity contribution in [1.29, 1.82) is 0 Å². The lowest BCUT2D eigenvalue weighted by molar-refractivity contribution is -0.127. The summed E-state index contributed by atoms with van der Waals surface area (Å²) in [5.41, 5.74) is 1.01. The van der Waals surface area contributed by atoms with E-state index in [0.29, 0.717) is 19.4 Å². The molecule has 0 spiro atoms. The summed E-state index contributed by atoms with van der Waals surface area (Å²) < 4.78 is 12.9. The average Bonchev–Trinajstić information content (AvgIpc) is 3.06. The molecule has 3 amide bonds. The van der Waals surface area contributed by atoms with Crippen LogP contribution in [0.15, 0.2) is 24.3 Å². The van der Waals surface area contributed by atoms with Crippen molar-refractivity contribution in [3.05, 3.63) is 35.6 Å². The Morgan fingerprint density at radius 3 is 2.69 bits per heavy atom. The summed E-state index contributed by atoms with van der Waals surface area (Å²) in [6, 6.07) is 6.57. The van der Waals surface area contributed by atoms with E-state index in [-0.39, 0.29) is 23.8 Å². The molecule has 0 bridgehead atoms. The Morgan fingerprint density at radius 2 is 1.96 bits per heavy atom. The minimum atomic E-state index is -0.245. The molecule has 2 fully saturated rings. The molecule has 0 saturated carbocycles. The lowest BCUT2D eigenvalue weighted by Gasteiger charge is -2.36. The van der Waals surface area contributed by atoms with Gasteiger partial charge >= 0.3 is 6.03 Å². The van der Waals surface area contributed by atoms with Crippen molar-refractivity contribution in [3.8, 4) is 0 Å². The fourth-order valence-electron chi connectivity index (χ4n) is 3.88. The van der Waals surface area contributed by atoms with Crippen LogP contribution in [0.25, 0.3) is 0 Å². The highest BCUT2D eigenvalue weighted by atomic mass is 19.1. The molecule has 1 aromatic rings. The average molecular weight is 361 g/mol. The molecule has 3 rings (SSSR count). The second-order valence-electron chi connectivity index (χ2n) is 7.22. The summed E-state index contributed by atoms with van der Waals surface area (Å²) in [5.74, 6) is 0.00142. The Morgan fingerprint density at radius 1 is 1.15 bits per heavy atom. The Kier molecular flexibility index (Phi) is 6.47. The van der Waals surface area contributed by atoms with Crippen LogP contribution in [0.5, 0.6) is 0 Å². The maximum Gasteiger partial charge on any atom is 0.317 e. The maximum atomic E-state index is 12.9. The van der Waals surface area contributed by atoms with Crippen LogP contribution in [0, 0.1) is 5.82 Å². The fraction of sp³-hybridized carbons (Fsp3) is 0.600. The van der Waals surface area contributed by atoms with Gasteiger partial charge in [0.2, 0.25) is 5.91 Å². The number of amides is 3. The highest BCUT2D eigenvalue weighted by molar-refractivity contribution is 5.78. The zero-order chi connectivity index (χ0) is 18.4. The highest BCUT2D eigenvalue weighted by Gasteiger charge is 2.28. The number of hydrogen-bond donors (Lipinski definition) is 1. The number of urea groups is 1. The zero-order valence-electron chi connectivity index (χ0n) is 15.3. The van der Waals surface area contributed by atoms with Crippen molar-refractivity contribution >= 4 is 11.9 Å². The number of carbonyl (C=O) groups is 2. The molecule has 2 saturated heterocycles. The lowest BCUT2D eigenvalue weighted by atomic mass is 9.99. The molecule has 0 unspecified atom stereocenters. The van der Waals surface area contributed by atoms with Crippen LogP contribution >= 0.6 is 0 Å². The van der Waals surface area contributed by atoms with Crippen molar-refractivity contribution in [2.45, 2.75) is 51.0 Å². The van der Waals surface area contributed by atoms with E-state index in [1.165, 1.54) is 12.1 Å². The summed E-state index contributed by atoms with van der Waals surface area (Å²) >= 11 is 0. The third-order valence-corrected chi connectivity index (χ3v) is 5.39. The van der Waals surface area contributed by atoms with Gasteiger partial charge in [0, 0.05) is 38.6 Å². The Bertz CT molecular complexity index is 620. The van der Waals surface area contributed by atoms with Crippen molar-refractivity contribution in [1.82, 2.24) is 15.1 Å². The van der Waals surface area contributed by atoms with Crippen molar-refractivity contribution < 1.29 is 14.0 Å². The van der Waals surface area contributed by atoms with Crippen molar-refractivity contribution in [3.63, 3.8) is 0 Å². The van der Waals surface area contributed by atoms with Crippen LogP contribution in [-0.2, 0) is 11.2 Å². The van der Waals surface area contributed by atoms with Gasteiger partial charge in [-0.05, 0) is 56.2 Å². The molecule has 2 aliphatic heterocycles. The van der Waals surface area contributed by atoms with Gasteiger partial charge < -0.3 is 15.1 Å². The van der Waals surface area contributed by atoms with E-state index in [2.05, 4.69) is 5.32 Å². The van der Waals surface area contributed by atoms with E-state index in [1.54, 1.807) is 12.1 Å². The van der Waals surface area contributed by atoms with Crippen LogP contribution in [-0.4, -0.2) is 54.0 Å². The van der Waals surface area contributed by atoms with Crippen LogP contribution < -0.4 is 5.32 Å². The number of hydrogen-bond acceptors (Lipinski definition) is 2. The molecule has 26 heavy (non-hydrogen) atoms. The molecule has 2 heterocycles. The van der Waals surface area contributed by atoms with Crippen LogP contribution in [0.3, 0.4) is 0 Å². The van der Waals surface area contributed by atoms with E-state index < -0.39 is 0 Å². The molecule has 142 valence electrons. The van der Waals surface area contributed by atoms with Crippen molar-refractivity contribution in [2.75, 3.05) is 26.2 Å². The number of rotatable bonds is 6. The summed E-state index contributed by atoms with van der Waals surface area (Å²) in [4.78, 5) is 28.2. The quantitative estimate of drug-likeness (QED) is 0.847. The second kappa shape index (κ2) is 9.01. The first-order chi connectivity index (χ1) is 12.6. The van der Waals surface area contributed by atoms with Gasteiger partial charge in [0.1, 0.15) is 5.82 Å².